The predicted octanol–water partition coefficient (Wildman–Crippen LogP) is 4.94. The highest BCUT2D eigenvalue weighted by Gasteiger charge is 2.53. The van der Waals surface area contributed by atoms with Crippen LogP contribution < -0.4 is 16.0 Å². The fourth-order valence-corrected chi connectivity index (χ4v) is 6.90. The van der Waals surface area contributed by atoms with Crippen molar-refractivity contribution >= 4 is 22.3 Å². The molecule has 3 heterocycles. The van der Waals surface area contributed by atoms with Crippen molar-refractivity contribution in [2.24, 2.45) is 17.6 Å². The lowest BCUT2D eigenvalue weighted by Gasteiger charge is -2.29. The van der Waals surface area contributed by atoms with Crippen molar-refractivity contribution in [3.63, 3.8) is 0 Å². The Morgan fingerprint density at radius 1 is 1.09 bits per heavy atom. The number of carboxylic acids is 1. The molecule has 7 rings (SSSR count). The quantitative estimate of drug-likeness (QED) is 0.267. The van der Waals surface area contributed by atoms with Gasteiger partial charge in [-0.3, -0.25) is 4.79 Å². The molecule has 10 heteroatoms. The zero-order chi connectivity index (χ0) is 29.9. The molecule has 3 N–H and O–H groups in total. The van der Waals surface area contributed by atoms with Gasteiger partial charge in [0.1, 0.15) is 17.9 Å². The van der Waals surface area contributed by atoms with Crippen molar-refractivity contribution in [3.05, 3.63) is 70.4 Å². The lowest BCUT2D eigenvalue weighted by Crippen LogP contribution is -2.36. The fourth-order valence-electron chi connectivity index (χ4n) is 6.90. The van der Waals surface area contributed by atoms with E-state index in [2.05, 4.69) is 5.10 Å². The van der Waals surface area contributed by atoms with Crippen LogP contribution in [0.2, 0.25) is 0 Å². The summed E-state index contributed by atoms with van der Waals surface area (Å²) in [5.41, 5.74) is 7.34. The molecule has 3 atom stereocenters. The van der Waals surface area contributed by atoms with Crippen molar-refractivity contribution in [2.75, 3.05) is 6.61 Å². The van der Waals surface area contributed by atoms with E-state index in [-0.39, 0.29) is 35.2 Å². The summed E-state index contributed by atoms with van der Waals surface area (Å²) in [6.07, 6.45) is 10.1. The number of ether oxygens (including phenoxy) is 2. The highest BCUT2D eigenvalue weighted by Crippen LogP contribution is 2.53. The molecular weight excluding hydrogens is 546 g/mol. The van der Waals surface area contributed by atoms with Gasteiger partial charge in [-0.2, -0.15) is 10.2 Å². The number of nitrogens with two attached hydrogens (primary N) is 1. The van der Waals surface area contributed by atoms with Crippen LogP contribution in [0.15, 0.2) is 53.6 Å². The molecule has 3 aromatic heterocycles. The average Bonchev–Trinajstić information content (AvgIpc) is 3.92. The lowest BCUT2D eigenvalue weighted by molar-refractivity contribution is -0.0649. The Labute approximate surface area is 249 Å². The molecule has 43 heavy (non-hydrogen) atoms. The molecule has 0 radical (unpaired) electrons. The van der Waals surface area contributed by atoms with E-state index in [1.165, 1.54) is 10.7 Å². The molecule has 0 aliphatic heterocycles. The lowest BCUT2D eigenvalue weighted by atomic mass is 9.83. The van der Waals surface area contributed by atoms with Gasteiger partial charge in [0.05, 0.1) is 46.7 Å². The van der Waals surface area contributed by atoms with E-state index < -0.39 is 11.6 Å². The van der Waals surface area contributed by atoms with Crippen LogP contribution in [0.4, 0.5) is 0 Å². The molecule has 3 fully saturated rings. The van der Waals surface area contributed by atoms with E-state index in [0.717, 1.165) is 61.4 Å². The van der Waals surface area contributed by atoms with Gasteiger partial charge in [-0.15, -0.1) is 0 Å². The van der Waals surface area contributed by atoms with Gasteiger partial charge in [-0.25, -0.2) is 14.0 Å². The van der Waals surface area contributed by atoms with Crippen LogP contribution in [0.5, 0.6) is 5.75 Å². The Kier molecular flexibility index (Phi) is 7.01. The molecule has 0 saturated heterocycles. The zero-order valence-electron chi connectivity index (χ0n) is 24.7. The van der Waals surface area contributed by atoms with Gasteiger partial charge in [0, 0.05) is 23.3 Å². The minimum Gasteiger partial charge on any atom is -0.489 e. The van der Waals surface area contributed by atoms with Crippen LogP contribution in [0.1, 0.15) is 86.8 Å². The Morgan fingerprint density at radius 3 is 2.56 bits per heavy atom. The smallest absolute Gasteiger partial charge is 0.339 e. The number of aromatic nitrogens is 4. The molecule has 3 aliphatic rings. The van der Waals surface area contributed by atoms with Crippen molar-refractivity contribution in [3.8, 4) is 5.75 Å². The van der Waals surface area contributed by atoms with Crippen LogP contribution >= 0.6 is 0 Å². The summed E-state index contributed by atoms with van der Waals surface area (Å²) < 4.78 is 16.0. The SMILES string of the molecule is CC(C)(COc1ccc2c(C(=O)O)cnn2c1)OC1CC1C(C1CC1)n1nc([C@H]2CC[C@H](N)CC2)c2ccccc2c1=O. The van der Waals surface area contributed by atoms with E-state index in [0.29, 0.717) is 29.7 Å². The molecule has 3 saturated carbocycles. The molecule has 1 aromatic carbocycles. The third-order valence-corrected chi connectivity index (χ3v) is 9.40. The molecule has 10 nitrogen and oxygen atoms in total. The molecule has 4 aromatic rings. The maximum Gasteiger partial charge on any atom is 0.339 e. The predicted molar refractivity (Wildman–Crippen MR) is 162 cm³/mol. The Balaban J connectivity index is 1.08. The first-order valence-electron chi connectivity index (χ1n) is 15.5. The second-order valence-electron chi connectivity index (χ2n) is 13.3. The van der Waals surface area contributed by atoms with Gasteiger partial charge < -0.3 is 20.3 Å². The summed E-state index contributed by atoms with van der Waals surface area (Å²) in [7, 11) is 0. The largest absolute Gasteiger partial charge is 0.489 e. The number of hydrogen-bond acceptors (Lipinski definition) is 7. The summed E-state index contributed by atoms with van der Waals surface area (Å²) in [6, 6.07) is 11.7. The summed E-state index contributed by atoms with van der Waals surface area (Å²) in [4.78, 5) is 25.3. The highest BCUT2D eigenvalue weighted by atomic mass is 16.6. The molecule has 0 amide bonds. The van der Waals surface area contributed by atoms with E-state index in [9.17, 15) is 14.7 Å². The first kappa shape index (κ1) is 28.0. The average molecular weight is 586 g/mol. The van der Waals surface area contributed by atoms with Crippen LogP contribution in [-0.2, 0) is 4.74 Å². The van der Waals surface area contributed by atoms with E-state index in [1.54, 1.807) is 18.3 Å². The molecule has 0 spiro atoms. The molecule has 3 aliphatic carbocycles. The Morgan fingerprint density at radius 2 is 1.84 bits per heavy atom. The van der Waals surface area contributed by atoms with Gasteiger partial charge in [-0.05, 0) is 82.9 Å². The minimum atomic E-state index is -1.02. The number of hydrogen-bond donors (Lipinski definition) is 2. The normalized spacial score (nSPS) is 24.7. The van der Waals surface area contributed by atoms with Crippen LogP contribution in [0, 0.1) is 11.8 Å². The Hall–Kier alpha value is -3.76. The van der Waals surface area contributed by atoms with Crippen LogP contribution in [-0.4, -0.2) is 54.8 Å². The van der Waals surface area contributed by atoms with Gasteiger partial charge in [0.25, 0.3) is 5.56 Å². The molecular formula is C33H39N5O5. The molecule has 226 valence electrons. The van der Waals surface area contributed by atoms with Crippen LogP contribution in [0.3, 0.4) is 0 Å². The maximum atomic E-state index is 13.9. The fraction of sp³-hybridized carbons (Fsp3) is 0.515. The summed E-state index contributed by atoms with van der Waals surface area (Å²) in [6.45, 7) is 4.33. The van der Waals surface area contributed by atoms with Crippen LogP contribution in [0.25, 0.3) is 16.3 Å². The van der Waals surface area contributed by atoms with Crippen molar-refractivity contribution in [1.29, 1.82) is 0 Å². The number of fused-ring (bicyclic) bond motifs is 2. The number of aromatic carboxylic acids is 1. The van der Waals surface area contributed by atoms with Crippen molar-refractivity contribution in [2.45, 2.75) is 88.5 Å². The maximum absolute atomic E-state index is 13.9. The van der Waals surface area contributed by atoms with Gasteiger partial charge in [-0.1, -0.05) is 18.2 Å². The number of nitrogens with zero attached hydrogens (tertiary/aromatic N) is 4. The summed E-state index contributed by atoms with van der Waals surface area (Å²) >= 11 is 0. The van der Waals surface area contributed by atoms with Gasteiger partial charge in [0.15, 0.2) is 0 Å². The second-order valence-corrected chi connectivity index (χ2v) is 13.3. The highest BCUT2D eigenvalue weighted by molar-refractivity contribution is 5.95. The number of carbonyl (C=O) groups is 1. The monoisotopic (exact) mass is 585 g/mol. The first-order valence-corrected chi connectivity index (χ1v) is 15.5. The number of pyridine rings is 1. The van der Waals surface area contributed by atoms with Crippen molar-refractivity contribution < 1.29 is 19.4 Å². The van der Waals surface area contributed by atoms with Gasteiger partial charge >= 0.3 is 5.97 Å². The summed E-state index contributed by atoms with van der Waals surface area (Å²) in [5, 5.41) is 20.4. The number of benzene rings is 1. The number of carboxylic acid groups (broad SMARTS) is 1. The van der Waals surface area contributed by atoms with Crippen molar-refractivity contribution in [1.82, 2.24) is 19.4 Å². The topological polar surface area (TPSA) is 134 Å². The second kappa shape index (κ2) is 10.7. The Bertz CT molecular complexity index is 1730. The minimum absolute atomic E-state index is 0.00271. The third kappa shape index (κ3) is 5.54. The van der Waals surface area contributed by atoms with Gasteiger partial charge in [0.2, 0.25) is 0 Å². The van der Waals surface area contributed by atoms with E-state index >= 15 is 0 Å². The standard InChI is InChI=1S/C33H39N5O5/c1-33(2,18-42-22-13-14-27-26(32(40)41)16-35-37(27)17-22)43-28-15-25(28)30(20-7-8-20)38-31(39)24-6-4-3-5-23(24)29(36-38)19-9-11-21(34)12-10-19/h3-6,13-14,16-17,19-21,25,28,30H,7-12,15,18,34H2,1-2H3,(H,40,41)/t19-,21-,25?,28?,30?. The zero-order valence-corrected chi connectivity index (χ0v) is 24.7. The molecule has 0 bridgehead atoms. The molecule has 3 unspecified atom stereocenters. The third-order valence-electron chi connectivity index (χ3n) is 9.40. The summed E-state index contributed by atoms with van der Waals surface area (Å²) in [5.74, 6) is 0.540. The van der Waals surface area contributed by atoms with E-state index in [1.807, 2.05) is 42.8 Å². The number of rotatable bonds is 10. The van der Waals surface area contributed by atoms with E-state index in [4.69, 9.17) is 20.3 Å². The first-order chi connectivity index (χ1) is 20.7.